The van der Waals surface area contributed by atoms with Gasteiger partial charge in [-0.15, -0.1) is 0 Å². The quantitative estimate of drug-likeness (QED) is 0.850. The molecule has 0 saturated carbocycles. The highest BCUT2D eigenvalue weighted by atomic mass is 79.9. The number of nitrogens with two attached hydrogens (primary N) is 1. The van der Waals surface area contributed by atoms with Gasteiger partial charge in [0, 0.05) is 17.2 Å². The lowest BCUT2D eigenvalue weighted by atomic mass is 10.1. The van der Waals surface area contributed by atoms with Crippen molar-refractivity contribution in [2.45, 2.75) is 13.0 Å². The molecule has 0 aliphatic heterocycles. The van der Waals surface area contributed by atoms with Gasteiger partial charge in [0.2, 0.25) is 0 Å². The molecule has 21 heavy (non-hydrogen) atoms. The van der Waals surface area contributed by atoms with Crippen LogP contribution in [0.5, 0.6) is 0 Å². The summed E-state index contributed by atoms with van der Waals surface area (Å²) in [5, 5.41) is 0. The lowest BCUT2D eigenvalue weighted by Crippen LogP contribution is -2.30. The van der Waals surface area contributed by atoms with Gasteiger partial charge in [0.25, 0.3) is 5.91 Å². The maximum Gasteiger partial charge on any atom is 0.255 e. The highest BCUT2D eigenvalue weighted by Gasteiger charge is 2.21. The van der Waals surface area contributed by atoms with Crippen molar-refractivity contribution in [2.75, 3.05) is 12.8 Å². The number of hydrogen-bond donors (Lipinski definition) is 1. The van der Waals surface area contributed by atoms with Crippen molar-refractivity contribution < 1.29 is 9.18 Å². The van der Waals surface area contributed by atoms with E-state index in [9.17, 15) is 9.18 Å². The molecule has 2 N–H and O–H groups in total. The number of carbonyl (C=O) groups excluding carboxylic acids is 1. The van der Waals surface area contributed by atoms with E-state index in [-0.39, 0.29) is 17.8 Å². The van der Waals surface area contributed by atoms with E-state index in [4.69, 9.17) is 5.73 Å². The number of rotatable bonds is 3. The minimum absolute atomic E-state index is 0.147. The summed E-state index contributed by atoms with van der Waals surface area (Å²) >= 11 is 3.36. The van der Waals surface area contributed by atoms with Gasteiger partial charge in [-0.2, -0.15) is 0 Å². The third-order valence-corrected chi connectivity index (χ3v) is 4.17. The first-order valence-corrected chi connectivity index (χ1v) is 7.27. The van der Waals surface area contributed by atoms with E-state index in [1.165, 1.54) is 12.1 Å². The summed E-state index contributed by atoms with van der Waals surface area (Å²) in [4.78, 5) is 14.2. The Hall–Kier alpha value is -1.88. The lowest BCUT2D eigenvalue weighted by Gasteiger charge is -2.26. The van der Waals surface area contributed by atoms with Gasteiger partial charge in [-0.3, -0.25) is 4.79 Å². The van der Waals surface area contributed by atoms with E-state index in [1.54, 1.807) is 42.3 Å². The molecule has 2 aromatic rings. The number of amides is 1. The molecule has 0 heterocycles. The number of anilines is 1. The molecule has 0 fully saturated rings. The van der Waals surface area contributed by atoms with Crippen LogP contribution in [0.1, 0.15) is 28.9 Å². The Morgan fingerprint density at radius 2 is 1.86 bits per heavy atom. The Morgan fingerprint density at radius 3 is 2.48 bits per heavy atom. The molecule has 0 spiro atoms. The third-order valence-electron chi connectivity index (χ3n) is 3.47. The van der Waals surface area contributed by atoms with Crippen molar-refractivity contribution in [2.24, 2.45) is 0 Å². The molecule has 1 atom stereocenters. The van der Waals surface area contributed by atoms with Crippen LogP contribution in [0.4, 0.5) is 10.1 Å². The van der Waals surface area contributed by atoms with Gasteiger partial charge in [0.1, 0.15) is 5.82 Å². The van der Waals surface area contributed by atoms with Crippen molar-refractivity contribution in [3.05, 3.63) is 63.9 Å². The molecule has 0 radical (unpaired) electrons. The average molecular weight is 351 g/mol. The zero-order valence-corrected chi connectivity index (χ0v) is 13.4. The topological polar surface area (TPSA) is 46.3 Å². The SMILES string of the molecule is CC(c1ccc(F)cc1)N(C)C(=O)c1cc(N)ccc1Br. The molecule has 2 aromatic carbocycles. The molecule has 0 bridgehead atoms. The van der Waals surface area contributed by atoms with Gasteiger partial charge in [0.15, 0.2) is 0 Å². The molecule has 1 unspecified atom stereocenters. The second-order valence-corrected chi connectivity index (χ2v) is 5.74. The standard InChI is InChI=1S/C16H16BrFN2O/c1-10(11-3-5-12(18)6-4-11)20(2)16(21)14-9-13(19)7-8-15(14)17/h3-10H,19H2,1-2H3. The maximum atomic E-state index is 13.0. The number of carbonyl (C=O) groups is 1. The van der Waals surface area contributed by atoms with Crippen LogP contribution in [-0.2, 0) is 0 Å². The van der Waals surface area contributed by atoms with E-state index in [1.807, 2.05) is 6.92 Å². The zero-order chi connectivity index (χ0) is 15.6. The Labute approximate surface area is 131 Å². The third kappa shape index (κ3) is 3.42. The Kier molecular flexibility index (Phi) is 4.63. The Bertz CT molecular complexity index is 658. The van der Waals surface area contributed by atoms with E-state index in [0.717, 1.165) is 5.56 Å². The highest BCUT2D eigenvalue weighted by Crippen LogP contribution is 2.25. The number of hydrogen-bond acceptors (Lipinski definition) is 2. The summed E-state index contributed by atoms with van der Waals surface area (Å²) in [5.41, 5.74) is 7.64. The fraction of sp³-hybridized carbons (Fsp3) is 0.188. The molecule has 2 rings (SSSR count). The minimum atomic E-state index is -0.293. The molecule has 3 nitrogen and oxygen atoms in total. The minimum Gasteiger partial charge on any atom is -0.399 e. The molecule has 0 aromatic heterocycles. The van der Waals surface area contributed by atoms with Gasteiger partial charge in [-0.1, -0.05) is 12.1 Å². The fourth-order valence-corrected chi connectivity index (χ4v) is 2.45. The number of halogens is 2. The predicted molar refractivity (Wildman–Crippen MR) is 85.5 cm³/mol. The van der Waals surface area contributed by atoms with E-state index in [0.29, 0.717) is 15.7 Å². The van der Waals surface area contributed by atoms with Crippen LogP contribution < -0.4 is 5.73 Å². The number of benzene rings is 2. The molecule has 0 saturated heterocycles. The van der Waals surface area contributed by atoms with E-state index >= 15 is 0 Å². The summed E-state index contributed by atoms with van der Waals surface area (Å²) in [6.45, 7) is 1.89. The summed E-state index contributed by atoms with van der Waals surface area (Å²) in [6.07, 6.45) is 0. The summed E-state index contributed by atoms with van der Waals surface area (Å²) < 4.78 is 13.7. The second-order valence-electron chi connectivity index (χ2n) is 4.88. The van der Waals surface area contributed by atoms with Crippen molar-refractivity contribution in [3.8, 4) is 0 Å². The monoisotopic (exact) mass is 350 g/mol. The smallest absolute Gasteiger partial charge is 0.255 e. The van der Waals surface area contributed by atoms with Crippen LogP contribution >= 0.6 is 15.9 Å². The predicted octanol–water partition coefficient (Wildman–Crippen LogP) is 4.00. The van der Waals surface area contributed by atoms with Crippen molar-refractivity contribution in [1.82, 2.24) is 4.90 Å². The van der Waals surface area contributed by atoms with Crippen molar-refractivity contribution in [1.29, 1.82) is 0 Å². The zero-order valence-electron chi connectivity index (χ0n) is 11.8. The fourth-order valence-electron chi connectivity index (χ4n) is 2.04. The van der Waals surface area contributed by atoms with E-state index < -0.39 is 0 Å². The molecular weight excluding hydrogens is 335 g/mol. The van der Waals surface area contributed by atoms with Gasteiger partial charge < -0.3 is 10.6 Å². The summed E-state index contributed by atoms with van der Waals surface area (Å²) in [5.74, 6) is -0.440. The first-order valence-electron chi connectivity index (χ1n) is 6.48. The van der Waals surface area contributed by atoms with Gasteiger partial charge in [0.05, 0.1) is 11.6 Å². The highest BCUT2D eigenvalue weighted by molar-refractivity contribution is 9.10. The lowest BCUT2D eigenvalue weighted by molar-refractivity contribution is 0.0742. The number of nitrogen functional groups attached to an aromatic ring is 1. The van der Waals surface area contributed by atoms with Crippen LogP contribution in [0.15, 0.2) is 46.9 Å². The molecule has 0 aliphatic carbocycles. The summed E-state index contributed by atoms with van der Waals surface area (Å²) in [7, 11) is 1.71. The average Bonchev–Trinajstić information content (AvgIpc) is 2.48. The Morgan fingerprint density at radius 1 is 1.24 bits per heavy atom. The van der Waals surface area contributed by atoms with Gasteiger partial charge >= 0.3 is 0 Å². The van der Waals surface area contributed by atoms with Crippen LogP contribution in [0, 0.1) is 5.82 Å². The molecular formula is C16H16BrFN2O. The van der Waals surface area contributed by atoms with Crippen LogP contribution in [0.2, 0.25) is 0 Å². The van der Waals surface area contributed by atoms with E-state index in [2.05, 4.69) is 15.9 Å². The van der Waals surface area contributed by atoms with Crippen LogP contribution in [-0.4, -0.2) is 17.9 Å². The summed E-state index contributed by atoms with van der Waals surface area (Å²) in [6, 6.07) is 11.1. The number of nitrogens with zero attached hydrogens (tertiary/aromatic N) is 1. The van der Waals surface area contributed by atoms with Crippen molar-refractivity contribution in [3.63, 3.8) is 0 Å². The molecule has 1 amide bonds. The van der Waals surface area contributed by atoms with Crippen molar-refractivity contribution >= 4 is 27.5 Å². The second kappa shape index (κ2) is 6.26. The maximum absolute atomic E-state index is 13.0. The largest absolute Gasteiger partial charge is 0.399 e. The van der Waals surface area contributed by atoms with Crippen LogP contribution in [0.25, 0.3) is 0 Å². The van der Waals surface area contributed by atoms with Crippen LogP contribution in [0.3, 0.4) is 0 Å². The molecule has 0 aliphatic rings. The molecule has 110 valence electrons. The van der Waals surface area contributed by atoms with Gasteiger partial charge in [-0.25, -0.2) is 4.39 Å². The van der Waals surface area contributed by atoms with Gasteiger partial charge in [-0.05, 0) is 58.7 Å². The first-order chi connectivity index (χ1) is 9.90. The Balaban J connectivity index is 2.26. The normalized spacial score (nSPS) is 12.0. The first kappa shape index (κ1) is 15.5. The molecule has 5 heteroatoms.